The molecule has 1 aromatic rings. The van der Waals surface area contributed by atoms with Crippen LogP contribution in [0.1, 0.15) is 45.6 Å². The number of benzene rings is 1. The van der Waals surface area contributed by atoms with Crippen molar-refractivity contribution in [2.45, 2.75) is 45.4 Å². The van der Waals surface area contributed by atoms with E-state index in [-0.39, 0.29) is 12.0 Å². The third-order valence-electron chi connectivity index (χ3n) is 3.23. The molecule has 0 aliphatic carbocycles. The van der Waals surface area contributed by atoms with Crippen molar-refractivity contribution in [3.8, 4) is 5.75 Å². The number of nitrogens with one attached hydrogen (secondary N) is 1. The van der Waals surface area contributed by atoms with E-state index >= 15 is 0 Å². The topological polar surface area (TPSA) is 41.5 Å². The van der Waals surface area contributed by atoms with Gasteiger partial charge in [0.15, 0.2) is 0 Å². The SMILES string of the molecule is CC(C)(C)c1cccc(OCCCCNCCCO)c1. The number of aliphatic hydroxyl groups excluding tert-OH is 1. The summed E-state index contributed by atoms with van der Waals surface area (Å²) in [6.07, 6.45) is 2.98. The van der Waals surface area contributed by atoms with Gasteiger partial charge in [0.2, 0.25) is 0 Å². The van der Waals surface area contributed by atoms with E-state index in [4.69, 9.17) is 9.84 Å². The summed E-state index contributed by atoms with van der Waals surface area (Å²) < 4.78 is 5.80. The van der Waals surface area contributed by atoms with E-state index in [9.17, 15) is 0 Å². The summed E-state index contributed by atoms with van der Waals surface area (Å²) in [5.74, 6) is 0.964. The van der Waals surface area contributed by atoms with E-state index in [0.29, 0.717) is 0 Å². The highest BCUT2D eigenvalue weighted by molar-refractivity contribution is 5.32. The van der Waals surface area contributed by atoms with E-state index in [2.05, 4.69) is 44.3 Å². The smallest absolute Gasteiger partial charge is 0.119 e. The molecule has 0 atom stereocenters. The number of ether oxygens (including phenoxy) is 1. The maximum absolute atomic E-state index is 8.65. The van der Waals surface area contributed by atoms with E-state index in [1.807, 2.05) is 6.07 Å². The molecule has 0 unspecified atom stereocenters. The molecule has 0 aromatic heterocycles. The van der Waals surface area contributed by atoms with Gasteiger partial charge in [0.05, 0.1) is 6.61 Å². The molecule has 0 spiro atoms. The van der Waals surface area contributed by atoms with Gasteiger partial charge in [-0.2, -0.15) is 0 Å². The van der Waals surface area contributed by atoms with E-state index in [1.165, 1.54) is 5.56 Å². The molecule has 0 bridgehead atoms. The molecule has 0 amide bonds. The molecule has 0 fully saturated rings. The Kier molecular flexibility index (Phi) is 7.63. The predicted octanol–water partition coefficient (Wildman–Crippen LogP) is 3.12. The van der Waals surface area contributed by atoms with Crippen molar-refractivity contribution in [3.63, 3.8) is 0 Å². The molecule has 0 heterocycles. The molecule has 2 N–H and O–H groups in total. The number of hydrogen-bond donors (Lipinski definition) is 2. The summed E-state index contributed by atoms with van der Waals surface area (Å²) in [6.45, 7) is 9.55. The molecule has 3 heteroatoms. The Morgan fingerprint density at radius 1 is 1.10 bits per heavy atom. The molecule has 1 aromatic carbocycles. The first-order valence-electron chi connectivity index (χ1n) is 7.59. The monoisotopic (exact) mass is 279 g/mol. The fourth-order valence-electron chi connectivity index (χ4n) is 1.92. The van der Waals surface area contributed by atoms with E-state index in [1.54, 1.807) is 0 Å². The quantitative estimate of drug-likeness (QED) is 0.682. The van der Waals surface area contributed by atoms with Crippen LogP contribution >= 0.6 is 0 Å². The Labute approximate surface area is 123 Å². The van der Waals surface area contributed by atoms with Crippen LogP contribution in [0.2, 0.25) is 0 Å². The fraction of sp³-hybridized carbons (Fsp3) is 0.647. The van der Waals surface area contributed by atoms with E-state index in [0.717, 1.165) is 44.7 Å². The number of hydrogen-bond acceptors (Lipinski definition) is 3. The van der Waals surface area contributed by atoms with Gasteiger partial charge >= 0.3 is 0 Å². The van der Waals surface area contributed by atoms with Crippen LogP contribution in [-0.2, 0) is 5.41 Å². The number of unbranched alkanes of at least 4 members (excludes halogenated alkanes) is 1. The Hall–Kier alpha value is -1.06. The van der Waals surface area contributed by atoms with Gasteiger partial charge in [0.25, 0.3) is 0 Å². The lowest BCUT2D eigenvalue weighted by Gasteiger charge is -2.19. The average molecular weight is 279 g/mol. The molecule has 1 rings (SSSR count). The van der Waals surface area contributed by atoms with Crippen LogP contribution in [0.25, 0.3) is 0 Å². The Bertz CT molecular complexity index is 371. The largest absolute Gasteiger partial charge is 0.494 e. The van der Waals surface area contributed by atoms with Crippen molar-refractivity contribution >= 4 is 0 Å². The van der Waals surface area contributed by atoms with E-state index < -0.39 is 0 Å². The zero-order chi connectivity index (χ0) is 14.8. The molecule has 0 saturated heterocycles. The van der Waals surface area contributed by atoms with Crippen LogP contribution in [0.15, 0.2) is 24.3 Å². The summed E-state index contributed by atoms with van der Waals surface area (Å²) >= 11 is 0. The van der Waals surface area contributed by atoms with Crippen LogP contribution in [0.5, 0.6) is 5.75 Å². The summed E-state index contributed by atoms with van der Waals surface area (Å²) in [6, 6.07) is 8.37. The molecular weight excluding hydrogens is 250 g/mol. The van der Waals surface area contributed by atoms with Crippen LogP contribution in [-0.4, -0.2) is 31.4 Å². The van der Waals surface area contributed by atoms with Crippen LogP contribution < -0.4 is 10.1 Å². The standard InChI is InChI=1S/C17H29NO2/c1-17(2,3)15-8-6-9-16(14-15)20-13-5-4-10-18-11-7-12-19/h6,8-9,14,18-19H,4-5,7,10-13H2,1-3H3. The molecule has 0 saturated carbocycles. The van der Waals surface area contributed by atoms with Crippen molar-refractivity contribution < 1.29 is 9.84 Å². The molecule has 114 valence electrons. The zero-order valence-corrected chi connectivity index (χ0v) is 13.1. The fourth-order valence-corrected chi connectivity index (χ4v) is 1.92. The first kappa shape index (κ1) is 17.0. The van der Waals surface area contributed by atoms with Gasteiger partial charge < -0.3 is 15.2 Å². The first-order valence-corrected chi connectivity index (χ1v) is 7.59. The highest BCUT2D eigenvalue weighted by Crippen LogP contribution is 2.25. The summed E-state index contributed by atoms with van der Waals surface area (Å²) in [5, 5.41) is 12.0. The van der Waals surface area contributed by atoms with Crippen LogP contribution in [0.4, 0.5) is 0 Å². The summed E-state index contributed by atoms with van der Waals surface area (Å²) in [5.41, 5.74) is 1.47. The Balaban J connectivity index is 2.19. The molecule has 3 nitrogen and oxygen atoms in total. The second kappa shape index (κ2) is 8.98. The minimum atomic E-state index is 0.163. The van der Waals surface area contributed by atoms with Crippen molar-refractivity contribution in [1.82, 2.24) is 5.32 Å². The summed E-state index contributed by atoms with van der Waals surface area (Å²) in [4.78, 5) is 0. The number of rotatable bonds is 9. The maximum atomic E-state index is 8.65. The van der Waals surface area contributed by atoms with Crippen molar-refractivity contribution in [1.29, 1.82) is 0 Å². The van der Waals surface area contributed by atoms with Crippen LogP contribution in [0, 0.1) is 0 Å². The molecule has 0 aliphatic heterocycles. The minimum absolute atomic E-state index is 0.163. The van der Waals surface area contributed by atoms with Crippen molar-refractivity contribution in [2.24, 2.45) is 0 Å². The van der Waals surface area contributed by atoms with Gasteiger partial charge in [-0.1, -0.05) is 32.9 Å². The third kappa shape index (κ3) is 6.92. The average Bonchev–Trinajstić information content (AvgIpc) is 2.41. The lowest BCUT2D eigenvalue weighted by Crippen LogP contribution is -2.18. The van der Waals surface area contributed by atoms with Crippen molar-refractivity contribution in [2.75, 3.05) is 26.3 Å². The third-order valence-corrected chi connectivity index (χ3v) is 3.23. The van der Waals surface area contributed by atoms with Crippen LogP contribution in [0.3, 0.4) is 0 Å². The van der Waals surface area contributed by atoms with Gasteiger partial charge in [0, 0.05) is 6.61 Å². The highest BCUT2D eigenvalue weighted by atomic mass is 16.5. The lowest BCUT2D eigenvalue weighted by atomic mass is 9.87. The van der Waals surface area contributed by atoms with Gasteiger partial charge in [-0.15, -0.1) is 0 Å². The second-order valence-corrected chi connectivity index (χ2v) is 6.16. The maximum Gasteiger partial charge on any atom is 0.119 e. The molecule has 0 radical (unpaired) electrons. The van der Waals surface area contributed by atoms with Gasteiger partial charge in [-0.3, -0.25) is 0 Å². The summed E-state index contributed by atoms with van der Waals surface area (Å²) in [7, 11) is 0. The highest BCUT2D eigenvalue weighted by Gasteiger charge is 2.13. The normalized spacial score (nSPS) is 11.6. The molecule has 0 aliphatic rings. The zero-order valence-electron chi connectivity index (χ0n) is 13.1. The Morgan fingerprint density at radius 3 is 2.55 bits per heavy atom. The minimum Gasteiger partial charge on any atom is -0.494 e. The molecule has 20 heavy (non-hydrogen) atoms. The van der Waals surface area contributed by atoms with Gasteiger partial charge in [-0.05, 0) is 55.5 Å². The second-order valence-electron chi connectivity index (χ2n) is 6.16. The van der Waals surface area contributed by atoms with Gasteiger partial charge in [0.1, 0.15) is 5.75 Å². The molecular formula is C17H29NO2. The van der Waals surface area contributed by atoms with Gasteiger partial charge in [-0.25, -0.2) is 0 Å². The Morgan fingerprint density at radius 2 is 1.85 bits per heavy atom. The van der Waals surface area contributed by atoms with Crippen molar-refractivity contribution in [3.05, 3.63) is 29.8 Å². The predicted molar refractivity (Wildman–Crippen MR) is 84.4 cm³/mol. The lowest BCUT2D eigenvalue weighted by molar-refractivity contribution is 0.284. The number of aliphatic hydroxyl groups is 1. The first-order chi connectivity index (χ1) is 9.54.